The lowest BCUT2D eigenvalue weighted by Crippen LogP contribution is -2.07. The fourth-order valence-electron chi connectivity index (χ4n) is 3.67. The van der Waals surface area contributed by atoms with Crippen LogP contribution in [0.4, 0.5) is 34.9 Å². The highest BCUT2D eigenvalue weighted by atomic mass is 16.6. The van der Waals surface area contributed by atoms with E-state index < -0.39 is 10.9 Å². The second-order valence-electron chi connectivity index (χ2n) is 8.55. The molecule has 210 valence electrons. The van der Waals surface area contributed by atoms with Crippen LogP contribution >= 0.6 is 0 Å². The summed E-state index contributed by atoms with van der Waals surface area (Å²) in [7, 11) is 1.57. The molecule has 0 aliphatic rings. The number of furan rings is 1. The minimum absolute atomic E-state index is 0.0505. The fraction of sp³-hybridized carbons (Fsp3) is 0.0357. The third-order valence-electron chi connectivity index (χ3n) is 5.69. The van der Waals surface area contributed by atoms with Crippen LogP contribution in [0.25, 0.3) is 11.3 Å². The molecule has 0 saturated carbocycles. The molecule has 14 nitrogen and oxygen atoms in total. The van der Waals surface area contributed by atoms with Crippen LogP contribution in [0.15, 0.2) is 94.4 Å². The second kappa shape index (κ2) is 12.3. The third kappa shape index (κ3) is 6.81. The molecule has 0 unspecified atom stereocenters. The van der Waals surface area contributed by atoms with Crippen molar-refractivity contribution >= 4 is 47.1 Å². The largest absolute Gasteiger partial charge is 0.497 e. The van der Waals surface area contributed by atoms with Gasteiger partial charge in [-0.1, -0.05) is 12.1 Å². The monoisotopic (exact) mass is 566 g/mol. The van der Waals surface area contributed by atoms with Crippen LogP contribution < -0.4 is 20.8 Å². The van der Waals surface area contributed by atoms with Crippen LogP contribution in [-0.2, 0) is 0 Å². The number of nitrogens with zero attached hydrogens (tertiary/aromatic N) is 5. The normalized spacial score (nSPS) is 10.8. The van der Waals surface area contributed by atoms with E-state index in [1.807, 2.05) is 0 Å². The number of anilines is 5. The van der Waals surface area contributed by atoms with Crippen molar-refractivity contribution in [2.45, 2.75) is 0 Å². The number of nitro benzene ring substituents is 1. The lowest BCUT2D eigenvalue weighted by Gasteiger charge is -2.10. The van der Waals surface area contributed by atoms with Crippen LogP contribution in [-0.4, -0.2) is 44.3 Å². The smallest absolute Gasteiger partial charge is 0.335 e. The molecular formula is C28H22N8O6. The number of benzene rings is 3. The van der Waals surface area contributed by atoms with Gasteiger partial charge in [-0.3, -0.25) is 10.1 Å². The number of nitrogens with one attached hydrogen (secondary N) is 3. The predicted molar refractivity (Wildman–Crippen MR) is 155 cm³/mol. The van der Waals surface area contributed by atoms with Gasteiger partial charge in [0.05, 0.1) is 23.8 Å². The molecule has 5 rings (SSSR count). The van der Waals surface area contributed by atoms with Crippen LogP contribution in [0.1, 0.15) is 16.1 Å². The van der Waals surface area contributed by atoms with Crippen molar-refractivity contribution in [2.75, 3.05) is 23.2 Å². The number of non-ortho nitro benzene ring substituents is 1. The Morgan fingerprint density at radius 2 is 1.57 bits per heavy atom. The van der Waals surface area contributed by atoms with Gasteiger partial charge in [-0.05, 0) is 60.7 Å². The number of rotatable bonds is 11. The van der Waals surface area contributed by atoms with Crippen LogP contribution in [0, 0.1) is 10.1 Å². The van der Waals surface area contributed by atoms with E-state index in [9.17, 15) is 20.0 Å². The van der Waals surface area contributed by atoms with Gasteiger partial charge in [0.2, 0.25) is 17.8 Å². The molecule has 0 spiro atoms. The fourth-order valence-corrected chi connectivity index (χ4v) is 3.67. The van der Waals surface area contributed by atoms with Crippen molar-refractivity contribution in [3.8, 4) is 17.1 Å². The lowest BCUT2D eigenvalue weighted by atomic mass is 10.1. The highest BCUT2D eigenvalue weighted by Crippen LogP contribution is 2.24. The van der Waals surface area contributed by atoms with E-state index in [1.54, 1.807) is 55.6 Å². The van der Waals surface area contributed by atoms with Gasteiger partial charge in [-0.25, -0.2) is 10.2 Å². The summed E-state index contributed by atoms with van der Waals surface area (Å²) >= 11 is 0. The first-order valence-corrected chi connectivity index (χ1v) is 12.3. The standard InChI is InChI=1S/C28H22N8O6/c1-41-22-11-7-20(8-12-22)31-27-32-26(30-19-5-9-21(10-6-19)36(39)40)33-28(34-27)35-29-16-23-13-14-24(42-23)17-3-2-4-18(15-17)25(37)38/h2-16H,1H3,(H,37,38)(H3,30,31,32,33,34,35). The van der Waals surface area contributed by atoms with Crippen molar-refractivity contribution in [2.24, 2.45) is 5.10 Å². The van der Waals surface area contributed by atoms with E-state index >= 15 is 0 Å². The molecule has 0 fully saturated rings. The van der Waals surface area contributed by atoms with Gasteiger partial charge in [0, 0.05) is 29.1 Å². The minimum atomic E-state index is -1.03. The van der Waals surface area contributed by atoms with Crippen LogP contribution in [0.2, 0.25) is 0 Å². The highest BCUT2D eigenvalue weighted by Gasteiger charge is 2.11. The Morgan fingerprint density at radius 1 is 0.929 bits per heavy atom. The molecule has 0 aliphatic carbocycles. The first-order valence-electron chi connectivity index (χ1n) is 12.3. The summed E-state index contributed by atoms with van der Waals surface area (Å²) in [6.07, 6.45) is 1.41. The number of nitro groups is 1. The van der Waals surface area contributed by atoms with Gasteiger partial charge in [-0.15, -0.1) is 0 Å². The van der Waals surface area contributed by atoms with Crippen molar-refractivity contribution in [3.05, 3.63) is 106 Å². The Bertz CT molecular complexity index is 1750. The molecule has 2 aromatic heterocycles. The van der Waals surface area contributed by atoms with Crippen molar-refractivity contribution in [1.82, 2.24) is 15.0 Å². The summed E-state index contributed by atoms with van der Waals surface area (Å²) in [4.78, 5) is 34.8. The zero-order chi connectivity index (χ0) is 29.5. The Labute approximate surface area is 237 Å². The number of aromatic carboxylic acids is 1. The summed E-state index contributed by atoms with van der Waals surface area (Å²) < 4.78 is 11.0. The number of carboxylic acids is 1. The minimum Gasteiger partial charge on any atom is -0.497 e. The number of ether oxygens (including phenoxy) is 1. The van der Waals surface area contributed by atoms with E-state index in [-0.39, 0.29) is 29.1 Å². The van der Waals surface area contributed by atoms with Gasteiger partial charge in [0.1, 0.15) is 17.3 Å². The zero-order valence-corrected chi connectivity index (χ0v) is 21.9. The molecular weight excluding hydrogens is 544 g/mol. The first-order chi connectivity index (χ1) is 20.4. The Morgan fingerprint density at radius 3 is 2.19 bits per heavy atom. The van der Waals surface area contributed by atoms with Gasteiger partial charge >= 0.3 is 5.97 Å². The molecule has 2 heterocycles. The average Bonchev–Trinajstić information content (AvgIpc) is 3.47. The second-order valence-corrected chi connectivity index (χ2v) is 8.55. The maximum absolute atomic E-state index is 11.3. The maximum atomic E-state index is 11.3. The number of methoxy groups -OCH3 is 1. The molecule has 0 amide bonds. The lowest BCUT2D eigenvalue weighted by molar-refractivity contribution is -0.384. The van der Waals surface area contributed by atoms with Crippen molar-refractivity contribution in [1.29, 1.82) is 0 Å². The maximum Gasteiger partial charge on any atom is 0.335 e. The van der Waals surface area contributed by atoms with Gasteiger partial charge < -0.3 is 24.9 Å². The molecule has 14 heteroatoms. The molecule has 3 aromatic carbocycles. The molecule has 0 aliphatic heterocycles. The SMILES string of the molecule is COc1ccc(Nc2nc(NN=Cc3ccc(-c4cccc(C(=O)O)c4)o3)nc(Nc3ccc([N+](=O)[O-])cc3)n2)cc1. The molecule has 5 aromatic rings. The van der Waals surface area contributed by atoms with Gasteiger partial charge in [-0.2, -0.15) is 20.1 Å². The summed E-state index contributed by atoms with van der Waals surface area (Å²) in [6, 6.07) is 22.7. The predicted octanol–water partition coefficient (Wildman–Crippen LogP) is 5.68. The van der Waals surface area contributed by atoms with Crippen LogP contribution in [0.5, 0.6) is 5.75 Å². The molecule has 42 heavy (non-hydrogen) atoms. The summed E-state index contributed by atoms with van der Waals surface area (Å²) in [5.74, 6) is 0.942. The number of carboxylic acid groups (broad SMARTS) is 1. The Balaban J connectivity index is 1.35. The summed E-state index contributed by atoms with van der Waals surface area (Å²) in [6.45, 7) is 0. The number of hydrogen-bond acceptors (Lipinski definition) is 12. The van der Waals surface area contributed by atoms with E-state index in [0.29, 0.717) is 34.2 Å². The molecule has 0 bridgehead atoms. The number of carbonyl (C=O) groups is 1. The zero-order valence-electron chi connectivity index (χ0n) is 21.9. The third-order valence-corrected chi connectivity index (χ3v) is 5.69. The van der Waals surface area contributed by atoms with Gasteiger partial charge in [0.15, 0.2) is 0 Å². The summed E-state index contributed by atoms with van der Waals surface area (Å²) in [5.41, 5.74) is 4.65. The molecule has 0 atom stereocenters. The number of hydrogen-bond donors (Lipinski definition) is 4. The average molecular weight is 567 g/mol. The van der Waals surface area contributed by atoms with E-state index in [2.05, 4.69) is 36.1 Å². The van der Waals surface area contributed by atoms with Crippen molar-refractivity contribution < 1.29 is 24.0 Å². The summed E-state index contributed by atoms with van der Waals surface area (Å²) in [5, 5.41) is 30.4. The van der Waals surface area contributed by atoms with Crippen LogP contribution in [0.3, 0.4) is 0 Å². The molecule has 0 radical (unpaired) electrons. The highest BCUT2D eigenvalue weighted by molar-refractivity contribution is 5.89. The number of hydrazone groups is 1. The molecule has 0 saturated heterocycles. The Kier molecular flexibility index (Phi) is 7.95. The quantitative estimate of drug-likeness (QED) is 0.0870. The first kappa shape index (κ1) is 27.3. The van der Waals surface area contributed by atoms with Crippen molar-refractivity contribution in [3.63, 3.8) is 0 Å². The van der Waals surface area contributed by atoms with E-state index in [4.69, 9.17) is 9.15 Å². The Hall–Kier alpha value is -6.31. The van der Waals surface area contributed by atoms with E-state index in [0.717, 1.165) is 0 Å². The molecule has 4 N–H and O–H groups in total. The van der Waals surface area contributed by atoms with Gasteiger partial charge in [0.25, 0.3) is 5.69 Å². The van der Waals surface area contributed by atoms with E-state index in [1.165, 1.54) is 42.6 Å². The number of aromatic nitrogens is 3. The topological polar surface area (TPSA) is 190 Å².